The molecule has 1 heterocycles. The van der Waals surface area contributed by atoms with E-state index in [1.165, 1.54) is 17.7 Å². The Labute approximate surface area is 141 Å². The number of allylic oxidation sites excluding steroid dienone is 2. The lowest BCUT2D eigenvalue weighted by atomic mass is 9.83. The van der Waals surface area contributed by atoms with Crippen LogP contribution in [0.15, 0.2) is 35.9 Å². The van der Waals surface area contributed by atoms with Gasteiger partial charge in [-0.15, -0.1) is 0 Å². The van der Waals surface area contributed by atoms with Gasteiger partial charge < -0.3 is 10.2 Å². The Bertz CT molecular complexity index is 671. The molecule has 1 N–H and O–H groups in total. The highest BCUT2D eigenvalue weighted by atomic mass is 19.1. The van der Waals surface area contributed by atoms with Gasteiger partial charge in [0, 0.05) is 26.1 Å². The van der Waals surface area contributed by atoms with Crippen LogP contribution in [-0.4, -0.2) is 36.3 Å². The molecule has 1 saturated heterocycles. The number of carbonyl (C=O) groups excluding carboxylic acids is 2. The summed E-state index contributed by atoms with van der Waals surface area (Å²) in [4.78, 5) is 26.2. The molecule has 1 aliphatic carbocycles. The third-order valence-electron chi connectivity index (χ3n) is 5.03. The lowest BCUT2D eigenvalue weighted by Crippen LogP contribution is -2.33. The van der Waals surface area contributed by atoms with Crippen molar-refractivity contribution in [3.8, 4) is 0 Å². The van der Waals surface area contributed by atoms with Gasteiger partial charge in [-0.05, 0) is 43.7 Å². The summed E-state index contributed by atoms with van der Waals surface area (Å²) in [6, 6.07) is 5.85. The second-order valence-corrected chi connectivity index (χ2v) is 6.79. The van der Waals surface area contributed by atoms with E-state index in [0.29, 0.717) is 11.8 Å². The number of carbonyl (C=O) groups is 2. The molecule has 0 bridgehead atoms. The third-order valence-corrected chi connectivity index (χ3v) is 5.03. The van der Waals surface area contributed by atoms with E-state index in [-0.39, 0.29) is 24.4 Å². The van der Waals surface area contributed by atoms with E-state index in [0.717, 1.165) is 25.9 Å². The molecule has 0 radical (unpaired) electrons. The van der Waals surface area contributed by atoms with Crippen molar-refractivity contribution in [1.29, 1.82) is 0 Å². The number of amides is 2. The van der Waals surface area contributed by atoms with Gasteiger partial charge >= 0.3 is 0 Å². The van der Waals surface area contributed by atoms with Crippen molar-refractivity contribution in [1.82, 2.24) is 10.2 Å². The third kappa shape index (κ3) is 3.66. The van der Waals surface area contributed by atoms with Crippen molar-refractivity contribution in [2.75, 3.05) is 19.6 Å². The van der Waals surface area contributed by atoms with Crippen molar-refractivity contribution in [3.05, 3.63) is 47.3 Å². The molecule has 0 aromatic heterocycles. The van der Waals surface area contributed by atoms with Gasteiger partial charge in [0.25, 0.3) is 5.91 Å². The zero-order chi connectivity index (χ0) is 17.1. The summed E-state index contributed by atoms with van der Waals surface area (Å²) in [5.74, 6) is 0.192. The predicted octanol–water partition coefficient (Wildman–Crippen LogP) is 2.76. The second kappa shape index (κ2) is 7.16. The van der Waals surface area contributed by atoms with Crippen LogP contribution in [-0.2, 0) is 4.79 Å². The maximum absolute atomic E-state index is 13.5. The van der Waals surface area contributed by atoms with Crippen molar-refractivity contribution < 1.29 is 14.0 Å². The summed E-state index contributed by atoms with van der Waals surface area (Å²) in [7, 11) is 0. The monoisotopic (exact) mass is 330 g/mol. The summed E-state index contributed by atoms with van der Waals surface area (Å²) in [6.07, 6.45) is 4.68. The Morgan fingerprint density at radius 1 is 1.25 bits per heavy atom. The van der Waals surface area contributed by atoms with Crippen LogP contribution in [0.2, 0.25) is 0 Å². The number of hydrogen-bond donors (Lipinski definition) is 1. The Kier molecular flexibility index (Phi) is 4.97. The number of nitrogens with zero attached hydrogens (tertiary/aromatic N) is 1. The molecule has 5 heteroatoms. The molecule has 2 amide bonds. The van der Waals surface area contributed by atoms with E-state index >= 15 is 0 Å². The fourth-order valence-corrected chi connectivity index (χ4v) is 3.67. The molecule has 24 heavy (non-hydrogen) atoms. The van der Waals surface area contributed by atoms with Gasteiger partial charge in [-0.1, -0.05) is 23.8 Å². The summed E-state index contributed by atoms with van der Waals surface area (Å²) in [5, 5.41) is 2.63. The summed E-state index contributed by atoms with van der Waals surface area (Å²) in [5.41, 5.74) is 1.43. The lowest BCUT2D eigenvalue weighted by Gasteiger charge is -2.21. The maximum atomic E-state index is 13.5. The zero-order valence-electron chi connectivity index (χ0n) is 13.9. The fourth-order valence-electron chi connectivity index (χ4n) is 3.67. The number of benzene rings is 1. The van der Waals surface area contributed by atoms with Crippen LogP contribution in [0.3, 0.4) is 0 Å². The molecule has 1 aliphatic heterocycles. The van der Waals surface area contributed by atoms with Gasteiger partial charge in [-0.2, -0.15) is 0 Å². The first-order chi connectivity index (χ1) is 11.5. The van der Waals surface area contributed by atoms with Gasteiger partial charge in [-0.3, -0.25) is 9.59 Å². The van der Waals surface area contributed by atoms with Gasteiger partial charge in [-0.25, -0.2) is 4.39 Å². The Hall–Kier alpha value is -2.17. The topological polar surface area (TPSA) is 49.4 Å². The first-order valence-electron chi connectivity index (χ1n) is 8.50. The lowest BCUT2D eigenvalue weighted by molar-refractivity contribution is -0.130. The van der Waals surface area contributed by atoms with Crippen LogP contribution in [0.4, 0.5) is 4.39 Å². The SMILES string of the molecule is CC1=CC[C@@H]2CN(C(=O)CCNC(=O)c3ccccc3F)C[C@@H]2C1. The molecule has 0 unspecified atom stereocenters. The Balaban J connectivity index is 1.45. The van der Waals surface area contributed by atoms with Crippen LogP contribution in [0, 0.1) is 17.7 Å². The number of nitrogens with one attached hydrogen (secondary N) is 1. The Morgan fingerprint density at radius 2 is 2.00 bits per heavy atom. The van der Waals surface area contributed by atoms with Crippen LogP contribution >= 0.6 is 0 Å². The minimum Gasteiger partial charge on any atom is -0.351 e. The first-order valence-corrected chi connectivity index (χ1v) is 8.50. The van der Waals surface area contributed by atoms with E-state index in [2.05, 4.69) is 18.3 Å². The molecule has 1 aromatic carbocycles. The normalized spacial score (nSPS) is 22.8. The minimum absolute atomic E-state index is 0.0127. The van der Waals surface area contributed by atoms with E-state index in [1.807, 2.05) is 4.90 Å². The quantitative estimate of drug-likeness (QED) is 0.863. The highest BCUT2D eigenvalue weighted by Crippen LogP contribution is 2.35. The summed E-state index contributed by atoms with van der Waals surface area (Å²) in [6.45, 7) is 4.01. The van der Waals surface area contributed by atoms with Crippen LogP contribution < -0.4 is 5.32 Å². The average Bonchev–Trinajstić information content (AvgIpc) is 2.98. The van der Waals surface area contributed by atoms with E-state index in [9.17, 15) is 14.0 Å². The smallest absolute Gasteiger partial charge is 0.254 e. The molecule has 1 fully saturated rings. The molecule has 0 spiro atoms. The second-order valence-electron chi connectivity index (χ2n) is 6.79. The standard InChI is InChI=1S/C19H23FN2O2/c1-13-6-7-14-11-22(12-15(14)10-13)18(23)8-9-21-19(24)16-4-2-3-5-17(16)20/h2-6,14-15H,7-12H2,1H3,(H,21,24)/t14-,15+/m1/s1. The molecule has 0 saturated carbocycles. The molecule has 128 valence electrons. The minimum atomic E-state index is -0.548. The number of fused-ring (bicyclic) bond motifs is 1. The Morgan fingerprint density at radius 3 is 2.79 bits per heavy atom. The maximum Gasteiger partial charge on any atom is 0.254 e. The van der Waals surface area contributed by atoms with Gasteiger partial charge in [0.2, 0.25) is 5.91 Å². The predicted molar refractivity (Wildman–Crippen MR) is 89.9 cm³/mol. The number of rotatable bonds is 4. The van der Waals surface area contributed by atoms with Crippen LogP contribution in [0.1, 0.15) is 36.5 Å². The van der Waals surface area contributed by atoms with Crippen LogP contribution in [0.5, 0.6) is 0 Å². The van der Waals surface area contributed by atoms with Crippen molar-refractivity contribution >= 4 is 11.8 Å². The van der Waals surface area contributed by atoms with Gasteiger partial charge in [0.15, 0.2) is 0 Å². The van der Waals surface area contributed by atoms with Gasteiger partial charge in [0.05, 0.1) is 5.56 Å². The summed E-state index contributed by atoms with van der Waals surface area (Å²) >= 11 is 0. The number of likely N-dealkylation sites (tertiary alicyclic amines) is 1. The van der Waals surface area contributed by atoms with E-state index in [4.69, 9.17) is 0 Å². The molecular weight excluding hydrogens is 307 g/mol. The average molecular weight is 330 g/mol. The molecule has 2 aliphatic rings. The molecule has 3 rings (SSSR count). The molecule has 1 aromatic rings. The van der Waals surface area contributed by atoms with Crippen LogP contribution in [0.25, 0.3) is 0 Å². The number of halogens is 1. The van der Waals surface area contributed by atoms with Crippen molar-refractivity contribution in [2.24, 2.45) is 11.8 Å². The highest BCUT2D eigenvalue weighted by Gasteiger charge is 2.35. The number of hydrogen-bond acceptors (Lipinski definition) is 2. The zero-order valence-corrected chi connectivity index (χ0v) is 13.9. The first kappa shape index (κ1) is 16.7. The van der Waals surface area contributed by atoms with E-state index < -0.39 is 11.7 Å². The summed E-state index contributed by atoms with van der Waals surface area (Å²) < 4.78 is 13.5. The highest BCUT2D eigenvalue weighted by molar-refractivity contribution is 5.94. The fraction of sp³-hybridized carbons (Fsp3) is 0.474. The molecule has 4 nitrogen and oxygen atoms in total. The largest absolute Gasteiger partial charge is 0.351 e. The molecule has 2 atom stereocenters. The molecular formula is C19H23FN2O2. The van der Waals surface area contributed by atoms with Gasteiger partial charge in [0.1, 0.15) is 5.82 Å². The van der Waals surface area contributed by atoms with E-state index in [1.54, 1.807) is 12.1 Å². The van der Waals surface area contributed by atoms with Crippen molar-refractivity contribution in [2.45, 2.75) is 26.2 Å². The van der Waals surface area contributed by atoms with Crippen molar-refractivity contribution in [3.63, 3.8) is 0 Å².